The number of likely N-dealkylation sites (tertiary alicyclic amines) is 1. The third-order valence-electron chi connectivity index (χ3n) is 3.14. The van der Waals surface area contributed by atoms with E-state index < -0.39 is 0 Å². The highest BCUT2D eigenvalue weighted by atomic mass is 16.2. The van der Waals surface area contributed by atoms with Crippen molar-refractivity contribution in [3.8, 4) is 0 Å². The molecule has 0 aromatic carbocycles. The lowest BCUT2D eigenvalue weighted by molar-refractivity contribution is -0.126. The third kappa shape index (κ3) is 2.85. The van der Waals surface area contributed by atoms with Gasteiger partial charge in [-0.1, -0.05) is 0 Å². The number of nitrogens with one attached hydrogen (secondary N) is 2. The summed E-state index contributed by atoms with van der Waals surface area (Å²) in [5.41, 5.74) is 2.62. The fraction of sp³-hybridized carbons (Fsp3) is 0.636. The van der Waals surface area contributed by atoms with Crippen LogP contribution in [0, 0.1) is 5.92 Å². The highest BCUT2D eigenvalue weighted by Gasteiger charge is 2.27. The fourth-order valence-electron chi connectivity index (χ4n) is 2.07. The van der Waals surface area contributed by atoms with E-state index in [1.165, 1.54) is 0 Å². The second-order valence-corrected chi connectivity index (χ2v) is 4.65. The standard InChI is InChI=1S/C11H16N4O3/c1-15-6-7(4-10(15)17)5-12-11(18)8-2-3-9(16)14-13-8/h7H,2-6H2,1H3,(H,12,18)(H,14,16). The summed E-state index contributed by atoms with van der Waals surface area (Å²) in [5, 5.41) is 6.46. The molecule has 1 atom stereocenters. The van der Waals surface area contributed by atoms with Gasteiger partial charge < -0.3 is 10.2 Å². The Kier molecular flexibility index (Phi) is 3.59. The minimum absolute atomic E-state index is 0.108. The first-order chi connectivity index (χ1) is 8.56. The predicted octanol–water partition coefficient (Wildman–Crippen LogP) is -1.15. The molecule has 2 N–H and O–H groups in total. The fourth-order valence-corrected chi connectivity index (χ4v) is 2.07. The molecule has 0 aromatic rings. The zero-order valence-electron chi connectivity index (χ0n) is 10.2. The molecule has 18 heavy (non-hydrogen) atoms. The maximum absolute atomic E-state index is 11.7. The molecule has 2 aliphatic rings. The van der Waals surface area contributed by atoms with Crippen molar-refractivity contribution in [3.05, 3.63) is 0 Å². The molecule has 2 aliphatic heterocycles. The molecule has 0 radical (unpaired) electrons. The Morgan fingerprint density at radius 1 is 1.50 bits per heavy atom. The van der Waals surface area contributed by atoms with Crippen LogP contribution in [0.3, 0.4) is 0 Å². The van der Waals surface area contributed by atoms with Crippen molar-refractivity contribution in [2.24, 2.45) is 11.0 Å². The lowest BCUT2D eigenvalue weighted by Gasteiger charge is -2.14. The highest BCUT2D eigenvalue weighted by molar-refractivity contribution is 6.39. The van der Waals surface area contributed by atoms with Crippen molar-refractivity contribution in [1.82, 2.24) is 15.6 Å². The molecule has 1 saturated heterocycles. The van der Waals surface area contributed by atoms with Gasteiger partial charge in [-0.05, 0) is 0 Å². The molecule has 1 unspecified atom stereocenters. The lowest BCUT2D eigenvalue weighted by Crippen LogP contribution is -2.39. The van der Waals surface area contributed by atoms with E-state index in [1.807, 2.05) is 0 Å². The molecule has 7 nitrogen and oxygen atoms in total. The maximum Gasteiger partial charge on any atom is 0.267 e. The van der Waals surface area contributed by atoms with Crippen LogP contribution in [0.15, 0.2) is 5.10 Å². The van der Waals surface area contributed by atoms with Crippen LogP contribution in [0.2, 0.25) is 0 Å². The van der Waals surface area contributed by atoms with Crippen LogP contribution in [-0.2, 0) is 14.4 Å². The van der Waals surface area contributed by atoms with Crippen molar-refractivity contribution in [3.63, 3.8) is 0 Å². The first-order valence-corrected chi connectivity index (χ1v) is 5.94. The minimum Gasteiger partial charge on any atom is -0.351 e. The summed E-state index contributed by atoms with van der Waals surface area (Å²) < 4.78 is 0. The first-order valence-electron chi connectivity index (χ1n) is 5.94. The molecule has 2 heterocycles. The van der Waals surface area contributed by atoms with Crippen molar-refractivity contribution < 1.29 is 14.4 Å². The number of hydrogen-bond donors (Lipinski definition) is 2. The largest absolute Gasteiger partial charge is 0.351 e. The van der Waals surface area contributed by atoms with E-state index in [0.29, 0.717) is 31.6 Å². The molecule has 1 fully saturated rings. The number of rotatable bonds is 3. The van der Waals surface area contributed by atoms with Gasteiger partial charge in [0.25, 0.3) is 5.91 Å². The number of amides is 3. The van der Waals surface area contributed by atoms with Crippen LogP contribution < -0.4 is 10.7 Å². The van der Waals surface area contributed by atoms with Gasteiger partial charge in [0.2, 0.25) is 11.8 Å². The lowest BCUT2D eigenvalue weighted by atomic mass is 10.1. The Bertz CT molecular complexity index is 419. The number of hydrazone groups is 1. The zero-order chi connectivity index (χ0) is 13.1. The summed E-state index contributed by atoms with van der Waals surface area (Å²) >= 11 is 0. The van der Waals surface area contributed by atoms with Gasteiger partial charge in [0.15, 0.2) is 0 Å². The van der Waals surface area contributed by atoms with E-state index in [0.717, 1.165) is 0 Å². The smallest absolute Gasteiger partial charge is 0.267 e. The van der Waals surface area contributed by atoms with E-state index in [1.54, 1.807) is 11.9 Å². The van der Waals surface area contributed by atoms with Gasteiger partial charge in [0, 0.05) is 45.3 Å². The predicted molar refractivity (Wildman–Crippen MR) is 63.6 cm³/mol. The summed E-state index contributed by atoms with van der Waals surface area (Å²) in [6.07, 6.45) is 1.12. The second kappa shape index (κ2) is 5.16. The second-order valence-electron chi connectivity index (χ2n) is 4.65. The van der Waals surface area contributed by atoms with Gasteiger partial charge in [-0.25, -0.2) is 5.43 Å². The van der Waals surface area contributed by atoms with E-state index in [-0.39, 0.29) is 30.1 Å². The number of carbonyl (C=O) groups excluding carboxylic acids is 3. The van der Waals surface area contributed by atoms with Gasteiger partial charge in [0.05, 0.1) is 0 Å². The third-order valence-corrected chi connectivity index (χ3v) is 3.14. The molecule has 2 rings (SSSR count). The van der Waals surface area contributed by atoms with Crippen LogP contribution in [0.4, 0.5) is 0 Å². The summed E-state index contributed by atoms with van der Waals surface area (Å²) in [6.45, 7) is 1.13. The van der Waals surface area contributed by atoms with Crippen LogP contribution in [0.25, 0.3) is 0 Å². The molecule has 98 valence electrons. The van der Waals surface area contributed by atoms with Gasteiger partial charge in [0.1, 0.15) is 5.71 Å². The monoisotopic (exact) mass is 252 g/mol. The van der Waals surface area contributed by atoms with Crippen molar-refractivity contribution in [2.75, 3.05) is 20.1 Å². The van der Waals surface area contributed by atoms with E-state index >= 15 is 0 Å². The van der Waals surface area contributed by atoms with Crippen molar-refractivity contribution in [1.29, 1.82) is 0 Å². The summed E-state index contributed by atoms with van der Waals surface area (Å²) in [4.78, 5) is 35.6. The van der Waals surface area contributed by atoms with Gasteiger partial charge in [-0.2, -0.15) is 5.10 Å². The van der Waals surface area contributed by atoms with Crippen LogP contribution in [-0.4, -0.2) is 48.5 Å². The van der Waals surface area contributed by atoms with Gasteiger partial charge in [-0.15, -0.1) is 0 Å². The Hall–Kier alpha value is -1.92. The summed E-state index contributed by atoms with van der Waals surface area (Å²) in [7, 11) is 1.75. The first kappa shape index (κ1) is 12.5. The Morgan fingerprint density at radius 3 is 2.83 bits per heavy atom. The maximum atomic E-state index is 11.7. The van der Waals surface area contributed by atoms with Gasteiger partial charge in [-0.3, -0.25) is 14.4 Å². The SMILES string of the molecule is CN1CC(CNC(=O)C2=NNC(=O)CC2)CC1=O. The molecule has 0 aromatic heterocycles. The molecule has 3 amide bonds. The number of carbonyl (C=O) groups is 3. The Morgan fingerprint density at radius 2 is 2.28 bits per heavy atom. The van der Waals surface area contributed by atoms with Crippen LogP contribution in [0.5, 0.6) is 0 Å². The molecule has 0 bridgehead atoms. The number of nitrogens with zero attached hydrogens (tertiary/aromatic N) is 2. The topological polar surface area (TPSA) is 90.9 Å². The quantitative estimate of drug-likeness (QED) is 0.664. The molecule has 0 aliphatic carbocycles. The Labute approximate surface area is 105 Å². The van der Waals surface area contributed by atoms with Crippen molar-refractivity contribution in [2.45, 2.75) is 19.3 Å². The normalized spacial score (nSPS) is 23.7. The average molecular weight is 252 g/mol. The zero-order valence-corrected chi connectivity index (χ0v) is 10.2. The summed E-state index contributed by atoms with van der Waals surface area (Å²) in [6, 6.07) is 0. The molecule has 0 saturated carbocycles. The van der Waals surface area contributed by atoms with Crippen LogP contribution in [0.1, 0.15) is 19.3 Å². The summed E-state index contributed by atoms with van der Waals surface area (Å²) in [5.74, 6) is -0.173. The minimum atomic E-state index is -0.267. The molecule has 7 heteroatoms. The van der Waals surface area contributed by atoms with E-state index in [4.69, 9.17) is 0 Å². The Balaban J connectivity index is 1.79. The van der Waals surface area contributed by atoms with Gasteiger partial charge >= 0.3 is 0 Å². The van der Waals surface area contributed by atoms with Crippen LogP contribution >= 0.6 is 0 Å². The van der Waals surface area contributed by atoms with E-state index in [2.05, 4.69) is 15.8 Å². The number of hydrogen-bond acceptors (Lipinski definition) is 4. The molecular formula is C11H16N4O3. The van der Waals surface area contributed by atoms with Crippen molar-refractivity contribution >= 4 is 23.4 Å². The van der Waals surface area contributed by atoms with E-state index in [9.17, 15) is 14.4 Å². The highest BCUT2D eigenvalue weighted by Crippen LogP contribution is 2.14. The molecular weight excluding hydrogens is 236 g/mol. The average Bonchev–Trinajstić information content (AvgIpc) is 2.67. The molecule has 0 spiro atoms.